The van der Waals surface area contributed by atoms with Crippen molar-refractivity contribution in [3.63, 3.8) is 0 Å². The van der Waals surface area contributed by atoms with Crippen LogP contribution < -0.4 is 4.74 Å². The lowest BCUT2D eigenvalue weighted by Crippen LogP contribution is -2.27. The van der Waals surface area contributed by atoms with Crippen LogP contribution in [-0.2, 0) is 21.1 Å². The molecule has 0 heterocycles. The topological polar surface area (TPSA) is 72.7 Å². The normalized spacial score (nSPS) is 14.0. The molecular weight excluding hydrogens is 590 g/mol. The van der Waals surface area contributed by atoms with Crippen molar-refractivity contribution in [1.29, 1.82) is 0 Å². The molecular formula is C25H23F3IN3O4. The summed E-state index contributed by atoms with van der Waals surface area (Å²) in [6.07, 6.45) is -2.96. The van der Waals surface area contributed by atoms with E-state index in [1.807, 2.05) is 22.9 Å². The SMILES string of the molecule is CO/N=C(/C(=O)N(C)I)c1ccccc1CO/N=C(\C)C#Cc1ccc(OC(F)(F)F)cc1C1CC1. The van der Waals surface area contributed by atoms with Crippen molar-refractivity contribution in [3.05, 3.63) is 64.7 Å². The Morgan fingerprint density at radius 2 is 1.92 bits per heavy atom. The van der Waals surface area contributed by atoms with E-state index in [2.05, 4.69) is 26.9 Å². The second-order valence-electron chi connectivity index (χ2n) is 7.83. The Balaban J connectivity index is 1.74. The number of amides is 1. The summed E-state index contributed by atoms with van der Waals surface area (Å²) < 4.78 is 43.1. The monoisotopic (exact) mass is 613 g/mol. The van der Waals surface area contributed by atoms with Crippen LogP contribution in [0, 0.1) is 11.8 Å². The Labute approximate surface area is 220 Å². The van der Waals surface area contributed by atoms with Crippen molar-refractivity contribution >= 4 is 40.2 Å². The van der Waals surface area contributed by atoms with Gasteiger partial charge in [0.15, 0.2) is 5.71 Å². The number of likely N-dealkylation sites (N-methyl/N-ethyl adjacent to an activating group) is 1. The number of carbonyl (C=O) groups excluding carboxylic acids is 1. The summed E-state index contributed by atoms with van der Waals surface area (Å²) in [6, 6.07) is 11.2. The first-order chi connectivity index (χ1) is 17.1. The number of rotatable bonds is 8. The predicted octanol–water partition coefficient (Wildman–Crippen LogP) is 5.57. The van der Waals surface area contributed by atoms with E-state index < -0.39 is 6.36 Å². The minimum Gasteiger partial charge on any atom is -0.406 e. The summed E-state index contributed by atoms with van der Waals surface area (Å²) >= 11 is 1.85. The van der Waals surface area contributed by atoms with E-state index in [0.717, 1.165) is 18.4 Å². The van der Waals surface area contributed by atoms with Crippen LogP contribution in [0.25, 0.3) is 0 Å². The maximum atomic E-state index is 12.6. The van der Waals surface area contributed by atoms with Gasteiger partial charge in [0.25, 0.3) is 5.91 Å². The van der Waals surface area contributed by atoms with Crippen LogP contribution >= 0.6 is 22.9 Å². The lowest BCUT2D eigenvalue weighted by atomic mass is 10.0. The van der Waals surface area contributed by atoms with Crippen LogP contribution in [0.1, 0.15) is 47.9 Å². The van der Waals surface area contributed by atoms with Crippen LogP contribution in [0.4, 0.5) is 13.2 Å². The largest absolute Gasteiger partial charge is 0.573 e. The number of hydrogen-bond donors (Lipinski definition) is 0. The summed E-state index contributed by atoms with van der Waals surface area (Å²) in [6.45, 7) is 1.70. The smallest absolute Gasteiger partial charge is 0.406 e. The highest BCUT2D eigenvalue weighted by molar-refractivity contribution is 14.1. The molecule has 0 aromatic heterocycles. The Kier molecular flexibility index (Phi) is 9.19. The molecule has 190 valence electrons. The maximum Gasteiger partial charge on any atom is 0.573 e. The first-order valence-electron chi connectivity index (χ1n) is 10.8. The third-order valence-electron chi connectivity index (χ3n) is 5.01. The fraction of sp³-hybridized carbons (Fsp3) is 0.320. The first-order valence-corrected chi connectivity index (χ1v) is 11.8. The zero-order valence-corrected chi connectivity index (χ0v) is 21.9. The van der Waals surface area contributed by atoms with Gasteiger partial charge >= 0.3 is 6.36 Å². The number of benzene rings is 2. The van der Waals surface area contributed by atoms with Crippen molar-refractivity contribution in [2.45, 2.75) is 38.7 Å². The zero-order valence-electron chi connectivity index (χ0n) is 19.7. The van der Waals surface area contributed by atoms with Crippen LogP contribution in [0.5, 0.6) is 5.75 Å². The Morgan fingerprint density at radius 1 is 1.19 bits per heavy atom. The van der Waals surface area contributed by atoms with Gasteiger partial charge in [-0.05, 0) is 55.4 Å². The average molecular weight is 613 g/mol. The van der Waals surface area contributed by atoms with Crippen LogP contribution in [-0.4, -0.2) is 41.0 Å². The fourth-order valence-corrected chi connectivity index (χ4v) is 3.51. The van der Waals surface area contributed by atoms with Gasteiger partial charge in [-0.1, -0.05) is 40.5 Å². The quantitative estimate of drug-likeness (QED) is 0.129. The van der Waals surface area contributed by atoms with Gasteiger partial charge in [0.1, 0.15) is 25.2 Å². The molecule has 3 rings (SSSR count). The third kappa shape index (κ3) is 7.87. The van der Waals surface area contributed by atoms with E-state index in [0.29, 0.717) is 22.4 Å². The number of alkyl halides is 3. The van der Waals surface area contributed by atoms with Crippen molar-refractivity contribution < 1.29 is 32.4 Å². The van der Waals surface area contributed by atoms with Crippen molar-refractivity contribution in [2.24, 2.45) is 10.3 Å². The average Bonchev–Trinajstić information content (AvgIpc) is 3.66. The highest BCUT2D eigenvalue weighted by Crippen LogP contribution is 2.43. The second-order valence-corrected chi connectivity index (χ2v) is 9.28. The molecule has 0 atom stereocenters. The Bertz CT molecular complexity index is 1230. The van der Waals surface area contributed by atoms with Gasteiger partial charge in [-0.3, -0.25) is 7.91 Å². The lowest BCUT2D eigenvalue weighted by Gasteiger charge is -2.13. The molecule has 36 heavy (non-hydrogen) atoms. The number of carbonyl (C=O) groups is 1. The molecule has 1 saturated carbocycles. The second kappa shape index (κ2) is 12.1. The highest BCUT2D eigenvalue weighted by Gasteiger charge is 2.32. The molecule has 1 amide bonds. The van der Waals surface area contributed by atoms with Gasteiger partial charge in [0.2, 0.25) is 0 Å². The van der Waals surface area contributed by atoms with Gasteiger partial charge < -0.3 is 14.4 Å². The third-order valence-corrected chi connectivity index (χ3v) is 5.45. The molecule has 1 aliphatic carbocycles. The standard InChI is InChI=1S/C25H23F3IN3O4/c1-16(8-9-17-12-13-20(36-25(26,27)28)14-22(17)18-10-11-18)30-35-15-19-6-4-5-7-21(19)23(31-34-3)24(33)32(2)29/h4-7,12-14,18H,10-11,15H2,1-3H3/b30-16+,31-23+. The van der Waals surface area contributed by atoms with Crippen molar-refractivity contribution in [3.8, 4) is 17.6 Å². The van der Waals surface area contributed by atoms with E-state index in [1.54, 1.807) is 38.2 Å². The number of nitrogens with zero attached hydrogens (tertiary/aromatic N) is 3. The number of oxime groups is 2. The summed E-state index contributed by atoms with van der Waals surface area (Å²) in [5.74, 6) is 5.41. The minimum atomic E-state index is -4.75. The van der Waals surface area contributed by atoms with Crippen LogP contribution in [0.15, 0.2) is 52.8 Å². The van der Waals surface area contributed by atoms with Gasteiger partial charge in [0.05, 0.1) is 22.9 Å². The summed E-state index contributed by atoms with van der Waals surface area (Å²) in [5.41, 5.74) is 3.05. The lowest BCUT2D eigenvalue weighted by molar-refractivity contribution is -0.274. The molecule has 2 aromatic carbocycles. The van der Waals surface area contributed by atoms with E-state index in [-0.39, 0.29) is 29.9 Å². The molecule has 1 fully saturated rings. The predicted molar refractivity (Wildman–Crippen MR) is 137 cm³/mol. The maximum absolute atomic E-state index is 12.6. The molecule has 0 N–H and O–H groups in total. The molecule has 1 aliphatic rings. The minimum absolute atomic E-state index is 0.0486. The van der Waals surface area contributed by atoms with E-state index in [1.165, 1.54) is 28.4 Å². The van der Waals surface area contributed by atoms with Gasteiger partial charge in [-0.25, -0.2) is 0 Å². The summed E-state index contributed by atoms with van der Waals surface area (Å²) in [7, 11) is 2.96. The summed E-state index contributed by atoms with van der Waals surface area (Å²) in [4.78, 5) is 22.8. The molecule has 11 heteroatoms. The number of ether oxygens (including phenoxy) is 1. The van der Waals surface area contributed by atoms with E-state index in [4.69, 9.17) is 9.68 Å². The van der Waals surface area contributed by atoms with Crippen LogP contribution in [0.2, 0.25) is 0 Å². The molecule has 0 saturated heterocycles. The Morgan fingerprint density at radius 3 is 2.56 bits per heavy atom. The molecule has 0 aliphatic heterocycles. The summed E-state index contributed by atoms with van der Waals surface area (Å²) in [5, 5.41) is 7.89. The zero-order chi connectivity index (χ0) is 26.3. The fourth-order valence-electron chi connectivity index (χ4n) is 3.28. The van der Waals surface area contributed by atoms with E-state index >= 15 is 0 Å². The van der Waals surface area contributed by atoms with Crippen molar-refractivity contribution in [1.82, 2.24) is 3.11 Å². The molecule has 0 radical (unpaired) electrons. The van der Waals surface area contributed by atoms with Gasteiger partial charge in [-0.15, -0.1) is 13.2 Å². The number of hydrogen-bond acceptors (Lipinski definition) is 6. The van der Waals surface area contributed by atoms with Crippen LogP contribution in [0.3, 0.4) is 0 Å². The molecule has 0 bridgehead atoms. The Hall–Kier alpha value is -3.27. The first kappa shape index (κ1) is 27.3. The highest BCUT2D eigenvalue weighted by atomic mass is 127. The van der Waals surface area contributed by atoms with Gasteiger partial charge in [0, 0.05) is 23.7 Å². The van der Waals surface area contributed by atoms with E-state index in [9.17, 15) is 18.0 Å². The molecule has 0 unspecified atom stereocenters. The molecule has 0 spiro atoms. The molecule has 2 aromatic rings. The number of halogens is 4. The van der Waals surface area contributed by atoms with Gasteiger partial charge in [-0.2, -0.15) is 0 Å². The van der Waals surface area contributed by atoms with Crippen molar-refractivity contribution in [2.75, 3.05) is 14.2 Å². The molecule has 7 nitrogen and oxygen atoms in total.